The molecule has 0 aliphatic rings. The molecule has 0 saturated heterocycles. The first-order valence-corrected chi connectivity index (χ1v) is 7.95. The highest BCUT2D eigenvalue weighted by atomic mass is 32.2. The summed E-state index contributed by atoms with van der Waals surface area (Å²) in [7, 11) is -3.82. The standard InChI is InChI=1S/C14H16FN3O2S/c1-2-16-13-8-5-9-17-14(13)21(19,20)18-10-11-6-3-4-7-12(11)15/h3-9,16,18H,2,10H2,1H3. The number of nitrogens with one attached hydrogen (secondary N) is 2. The third-order valence-corrected chi connectivity index (χ3v) is 4.16. The maximum absolute atomic E-state index is 13.5. The highest BCUT2D eigenvalue weighted by Gasteiger charge is 2.20. The highest BCUT2D eigenvalue weighted by Crippen LogP contribution is 2.18. The Labute approximate surface area is 123 Å². The molecule has 2 aromatic rings. The topological polar surface area (TPSA) is 71.1 Å². The van der Waals surface area contributed by atoms with Gasteiger partial charge in [0.2, 0.25) is 0 Å². The van der Waals surface area contributed by atoms with Gasteiger partial charge < -0.3 is 5.32 Å². The Bertz CT molecular complexity index is 720. The second kappa shape index (κ2) is 6.64. The SMILES string of the molecule is CCNc1cccnc1S(=O)(=O)NCc1ccccc1F. The van der Waals surface area contributed by atoms with Crippen molar-refractivity contribution in [3.05, 3.63) is 54.0 Å². The van der Waals surface area contributed by atoms with Crippen molar-refractivity contribution in [2.24, 2.45) is 0 Å². The number of rotatable bonds is 6. The van der Waals surface area contributed by atoms with Gasteiger partial charge in [0.25, 0.3) is 10.0 Å². The van der Waals surface area contributed by atoms with Gasteiger partial charge in [-0.3, -0.25) is 0 Å². The summed E-state index contributed by atoms with van der Waals surface area (Å²) in [5.74, 6) is -0.451. The van der Waals surface area contributed by atoms with E-state index >= 15 is 0 Å². The normalized spacial score (nSPS) is 11.3. The number of sulfonamides is 1. The number of hydrogen-bond donors (Lipinski definition) is 2. The van der Waals surface area contributed by atoms with Gasteiger partial charge in [0.05, 0.1) is 5.69 Å². The van der Waals surface area contributed by atoms with Crippen LogP contribution in [-0.2, 0) is 16.6 Å². The summed E-state index contributed by atoms with van der Waals surface area (Å²) in [6, 6.07) is 9.30. The summed E-state index contributed by atoms with van der Waals surface area (Å²) in [4.78, 5) is 3.90. The molecule has 0 spiro atoms. The molecule has 0 atom stereocenters. The molecule has 112 valence electrons. The Kier molecular flexibility index (Phi) is 4.87. The second-order valence-corrected chi connectivity index (χ2v) is 5.98. The van der Waals surface area contributed by atoms with Crippen LogP contribution in [0.25, 0.3) is 0 Å². The molecule has 0 amide bonds. The van der Waals surface area contributed by atoms with Gasteiger partial charge in [-0.2, -0.15) is 0 Å². The van der Waals surface area contributed by atoms with Crippen molar-refractivity contribution in [1.82, 2.24) is 9.71 Å². The smallest absolute Gasteiger partial charge is 0.260 e. The number of aromatic nitrogens is 1. The van der Waals surface area contributed by atoms with E-state index in [0.29, 0.717) is 12.2 Å². The fraction of sp³-hybridized carbons (Fsp3) is 0.214. The van der Waals surface area contributed by atoms with Crippen molar-refractivity contribution < 1.29 is 12.8 Å². The molecule has 21 heavy (non-hydrogen) atoms. The van der Waals surface area contributed by atoms with E-state index in [1.165, 1.54) is 18.3 Å². The number of benzene rings is 1. The minimum Gasteiger partial charge on any atom is -0.383 e. The Morgan fingerprint density at radius 3 is 2.67 bits per heavy atom. The number of hydrogen-bond acceptors (Lipinski definition) is 4. The third-order valence-electron chi connectivity index (χ3n) is 2.80. The minimum absolute atomic E-state index is 0.0943. The van der Waals surface area contributed by atoms with E-state index in [2.05, 4.69) is 15.0 Å². The molecule has 0 saturated carbocycles. The van der Waals surface area contributed by atoms with Gasteiger partial charge in [-0.25, -0.2) is 22.5 Å². The van der Waals surface area contributed by atoms with Crippen LogP contribution in [0.5, 0.6) is 0 Å². The van der Waals surface area contributed by atoms with Crippen molar-refractivity contribution in [3.8, 4) is 0 Å². The largest absolute Gasteiger partial charge is 0.383 e. The monoisotopic (exact) mass is 309 g/mol. The Morgan fingerprint density at radius 2 is 1.95 bits per heavy atom. The zero-order valence-corrected chi connectivity index (χ0v) is 12.3. The molecule has 1 heterocycles. The van der Waals surface area contributed by atoms with E-state index in [4.69, 9.17) is 0 Å². The fourth-order valence-corrected chi connectivity index (χ4v) is 2.92. The zero-order valence-electron chi connectivity index (χ0n) is 11.5. The van der Waals surface area contributed by atoms with Crippen molar-refractivity contribution in [2.45, 2.75) is 18.5 Å². The van der Waals surface area contributed by atoms with Crippen LogP contribution in [0, 0.1) is 5.82 Å². The predicted molar refractivity (Wildman–Crippen MR) is 78.8 cm³/mol. The lowest BCUT2D eigenvalue weighted by atomic mass is 10.2. The summed E-state index contributed by atoms with van der Waals surface area (Å²) < 4.78 is 40.4. The Balaban J connectivity index is 2.21. The maximum Gasteiger partial charge on any atom is 0.260 e. The van der Waals surface area contributed by atoms with Crippen molar-refractivity contribution >= 4 is 15.7 Å². The molecule has 5 nitrogen and oxygen atoms in total. The van der Waals surface area contributed by atoms with Gasteiger partial charge >= 0.3 is 0 Å². The lowest BCUT2D eigenvalue weighted by molar-refractivity contribution is 0.571. The fourth-order valence-electron chi connectivity index (χ4n) is 1.81. The van der Waals surface area contributed by atoms with Crippen LogP contribution < -0.4 is 10.0 Å². The van der Waals surface area contributed by atoms with Gasteiger partial charge in [0.1, 0.15) is 5.82 Å². The van der Waals surface area contributed by atoms with Crippen molar-refractivity contribution in [3.63, 3.8) is 0 Å². The molecule has 0 aliphatic carbocycles. The van der Waals surface area contributed by atoms with Crippen molar-refractivity contribution in [1.29, 1.82) is 0 Å². The molecule has 2 N–H and O–H groups in total. The molecule has 0 unspecified atom stereocenters. The second-order valence-electron chi connectivity index (χ2n) is 4.30. The minimum atomic E-state index is -3.82. The zero-order chi connectivity index (χ0) is 15.3. The van der Waals surface area contributed by atoms with E-state index in [1.807, 2.05) is 6.92 Å². The summed E-state index contributed by atoms with van der Waals surface area (Å²) in [5, 5.41) is 2.84. The van der Waals surface area contributed by atoms with Crippen LogP contribution in [-0.4, -0.2) is 19.9 Å². The Morgan fingerprint density at radius 1 is 1.19 bits per heavy atom. The summed E-state index contributed by atoms with van der Waals surface area (Å²) in [6.07, 6.45) is 1.40. The van der Waals surface area contributed by atoms with E-state index in [-0.39, 0.29) is 17.1 Å². The third kappa shape index (κ3) is 3.77. The van der Waals surface area contributed by atoms with E-state index < -0.39 is 15.8 Å². The van der Waals surface area contributed by atoms with E-state index in [9.17, 15) is 12.8 Å². The number of nitrogens with zero attached hydrogens (tertiary/aromatic N) is 1. The molecule has 1 aromatic carbocycles. The molecular weight excluding hydrogens is 293 g/mol. The summed E-state index contributed by atoms with van der Waals surface area (Å²) >= 11 is 0. The molecule has 1 aromatic heterocycles. The van der Waals surface area contributed by atoms with Gasteiger partial charge in [-0.15, -0.1) is 0 Å². The lowest BCUT2D eigenvalue weighted by Crippen LogP contribution is -2.25. The number of halogens is 1. The first kappa shape index (κ1) is 15.4. The van der Waals surface area contributed by atoms with E-state index in [1.54, 1.807) is 24.3 Å². The van der Waals surface area contributed by atoms with Gasteiger partial charge in [0.15, 0.2) is 5.03 Å². The Hall–Kier alpha value is -1.99. The molecule has 7 heteroatoms. The molecule has 0 bridgehead atoms. The number of anilines is 1. The highest BCUT2D eigenvalue weighted by molar-refractivity contribution is 7.89. The van der Waals surface area contributed by atoms with Gasteiger partial charge in [-0.1, -0.05) is 18.2 Å². The quantitative estimate of drug-likeness (QED) is 0.857. The molecule has 0 radical (unpaired) electrons. The predicted octanol–water partition coefficient (Wildman–Crippen LogP) is 2.13. The molecule has 2 rings (SSSR count). The van der Waals surface area contributed by atoms with Crippen LogP contribution in [0.1, 0.15) is 12.5 Å². The van der Waals surface area contributed by atoms with Crippen molar-refractivity contribution in [2.75, 3.05) is 11.9 Å². The van der Waals surface area contributed by atoms with Gasteiger partial charge in [-0.05, 0) is 25.1 Å². The van der Waals surface area contributed by atoms with Gasteiger partial charge in [0, 0.05) is 24.8 Å². The maximum atomic E-state index is 13.5. The average molecular weight is 309 g/mol. The molecular formula is C14H16FN3O2S. The van der Waals surface area contributed by atoms with Crippen LogP contribution in [0.3, 0.4) is 0 Å². The van der Waals surface area contributed by atoms with Crippen LogP contribution in [0.15, 0.2) is 47.6 Å². The average Bonchev–Trinajstić information content (AvgIpc) is 2.47. The number of pyridine rings is 1. The van der Waals surface area contributed by atoms with Crippen LogP contribution in [0.4, 0.5) is 10.1 Å². The summed E-state index contributed by atoms with van der Waals surface area (Å²) in [5.41, 5.74) is 0.697. The first-order chi connectivity index (χ1) is 10.0. The summed E-state index contributed by atoms with van der Waals surface area (Å²) in [6.45, 7) is 2.30. The molecule has 0 fully saturated rings. The van der Waals surface area contributed by atoms with Crippen LogP contribution >= 0.6 is 0 Å². The van der Waals surface area contributed by atoms with Crippen LogP contribution in [0.2, 0.25) is 0 Å². The lowest BCUT2D eigenvalue weighted by Gasteiger charge is -2.11. The van der Waals surface area contributed by atoms with E-state index in [0.717, 1.165) is 0 Å². The molecule has 0 aliphatic heterocycles. The first-order valence-electron chi connectivity index (χ1n) is 6.46.